The Bertz CT molecular complexity index is 1510. The molecule has 0 unspecified atom stereocenters. The van der Waals surface area contributed by atoms with Crippen LogP contribution in [0.1, 0.15) is 18.9 Å². The van der Waals surface area contributed by atoms with E-state index in [2.05, 4.69) is 15.3 Å². The SMILES string of the molecule is Cn1c(-c2ccnc(Oc3ccccc3)n2)c(-c2ccc(F)cc2)c(=O)n1C1CCNCC1.O=C(O)C(F)(F)F. The standard InChI is InChI=1S/C25H24FN5O2.C2HF3O2/c1-30-23(21-13-16-28-25(29-21)33-20-5-3-2-4-6-20)22(17-7-9-18(26)10-8-17)24(32)31(30)19-11-14-27-15-12-19;3-2(4,5)1(6)7/h2-10,13,16,19,27H,11-12,14-15H2,1H3;(H,6,7). The molecule has 13 heteroatoms. The number of piperidine rings is 1. The van der Waals surface area contributed by atoms with Crippen LogP contribution in [0.5, 0.6) is 11.8 Å². The molecule has 0 radical (unpaired) electrons. The van der Waals surface area contributed by atoms with Gasteiger partial charge in [-0.3, -0.25) is 9.48 Å². The minimum Gasteiger partial charge on any atom is -0.475 e. The van der Waals surface area contributed by atoms with Gasteiger partial charge in [-0.15, -0.1) is 0 Å². The lowest BCUT2D eigenvalue weighted by atomic mass is 10.0. The number of benzene rings is 2. The van der Waals surface area contributed by atoms with Crippen LogP contribution in [0.4, 0.5) is 17.6 Å². The van der Waals surface area contributed by atoms with Gasteiger partial charge in [0.15, 0.2) is 0 Å². The number of nitrogens with one attached hydrogen (secondary N) is 1. The van der Waals surface area contributed by atoms with Gasteiger partial charge in [-0.2, -0.15) is 18.2 Å². The molecule has 210 valence electrons. The molecule has 5 rings (SSSR count). The molecule has 0 amide bonds. The predicted molar refractivity (Wildman–Crippen MR) is 137 cm³/mol. The highest BCUT2D eigenvalue weighted by atomic mass is 19.4. The van der Waals surface area contributed by atoms with E-state index >= 15 is 0 Å². The zero-order valence-corrected chi connectivity index (χ0v) is 21.2. The molecule has 0 aliphatic carbocycles. The number of carbonyl (C=O) groups is 1. The molecule has 2 aromatic heterocycles. The Labute approximate surface area is 225 Å². The Balaban J connectivity index is 0.000000470. The Morgan fingerprint density at radius 2 is 1.68 bits per heavy atom. The van der Waals surface area contributed by atoms with Crippen LogP contribution in [0.2, 0.25) is 0 Å². The lowest BCUT2D eigenvalue weighted by Gasteiger charge is -2.25. The second-order valence-corrected chi connectivity index (χ2v) is 8.83. The van der Waals surface area contributed by atoms with Crippen LogP contribution in [0.15, 0.2) is 71.7 Å². The summed E-state index contributed by atoms with van der Waals surface area (Å²) in [7, 11) is 1.87. The molecule has 1 saturated heterocycles. The van der Waals surface area contributed by atoms with Crippen molar-refractivity contribution in [2.24, 2.45) is 7.05 Å². The van der Waals surface area contributed by atoms with E-state index in [9.17, 15) is 22.4 Å². The first kappa shape index (κ1) is 28.5. The molecule has 0 spiro atoms. The zero-order valence-electron chi connectivity index (χ0n) is 21.2. The smallest absolute Gasteiger partial charge is 0.475 e. The molecule has 1 aliphatic rings. The van der Waals surface area contributed by atoms with Crippen molar-refractivity contribution in [3.8, 4) is 34.3 Å². The number of carboxylic acids is 1. The number of aliphatic carboxylic acids is 1. The topological polar surface area (TPSA) is 111 Å². The molecule has 2 aromatic carbocycles. The normalized spacial score (nSPS) is 13.8. The van der Waals surface area contributed by atoms with Crippen molar-refractivity contribution in [2.45, 2.75) is 25.1 Å². The maximum atomic E-state index is 13.7. The average molecular weight is 560 g/mol. The van der Waals surface area contributed by atoms with Crippen molar-refractivity contribution >= 4 is 5.97 Å². The van der Waals surface area contributed by atoms with Crippen LogP contribution in [-0.4, -0.2) is 49.7 Å². The molecule has 0 bridgehead atoms. The summed E-state index contributed by atoms with van der Waals surface area (Å²) in [6, 6.07) is 17.3. The molecule has 1 fully saturated rings. The van der Waals surface area contributed by atoms with E-state index in [1.54, 1.807) is 29.1 Å². The summed E-state index contributed by atoms with van der Waals surface area (Å²) in [4.78, 5) is 31.4. The van der Waals surface area contributed by atoms with Gasteiger partial charge < -0.3 is 15.2 Å². The van der Waals surface area contributed by atoms with E-state index in [1.165, 1.54) is 12.1 Å². The number of nitrogens with zero attached hydrogens (tertiary/aromatic N) is 4. The molecular weight excluding hydrogens is 534 g/mol. The highest BCUT2D eigenvalue weighted by Crippen LogP contribution is 2.32. The number of hydrogen-bond acceptors (Lipinski definition) is 6. The number of para-hydroxylation sites is 1. The monoisotopic (exact) mass is 559 g/mol. The fraction of sp³-hybridized carbons (Fsp3) is 0.259. The molecule has 0 saturated carbocycles. The molecule has 9 nitrogen and oxygen atoms in total. The molecule has 1 aliphatic heterocycles. The number of aromatic nitrogens is 4. The van der Waals surface area contributed by atoms with Crippen LogP contribution >= 0.6 is 0 Å². The second kappa shape index (κ2) is 12.1. The van der Waals surface area contributed by atoms with Crippen LogP contribution in [0, 0.1) is 5.82 Å². The van der Waals surface area contributed by atoms with Gasteiger partial charge in [0.05, 0.1) is 23.0 Å². The van der Waals surface area contributed by atoms with Gasteiger partial charge in [-0.25, -0.2) is 18.9 Å². The van der Waals surface area contributed by atoms with E-state index in [1.807, 2.05) is 42.1 Å². The van der Waals surface area contributed by atoms with Crippen LogP contribution < -0.4 is 15.6 Å². The molecule has 40 heavy (non-hydrogen) atoms. The quantitative estimate of drug-likeness (QED) is 0.338. The van der Waals surface area contributed by atoms with Crippen LogP contribution in [-0.2, 0) is 11.8 Å². The highest BCUT2D eigenvalue weighted by Gasteiger charge is 2.38. The van der Waals surface area contributed by atoms with E-state index in [0.717, 1.165) is 25.9 Å². The maximum absolute atomic E-state index is 13.7. The van der Waals surface area contributed by atoms with Crippen LogP contribution in [0.25, 0.3) is 22.5 Å². The van der Waals surface area contributed by atoms with Gasteiger partial charge in [0.2, 0.25) is 0 Å². The van der Waals surface area contributed by atoms with Crippen molar-refractivity contribution in [1.29, 1.82) is 0 Å². The van der Waals surface area contributed by atoms with E-state index < -0.39 is 12.1 Å². The van der Waals surface area contributed by atoms with E-state index in [-0.39, 0.29) is 23.4 Å². The molecule has 4 aromatic rings. The average Bonchev–Trinajstić information content (AvgIpc) is 3.20. The Morgan fingerprint density at radius 3 is 2.27 bits per heavy atom. The lowest BCUT2D eigenvalue weighted by Crippen LogP contribution is -2.35. The van der Waals surface area contributed by atoms with Crippen molar-refractivity contribution in [3.63, 3.8) is 0 Å². The fourth-order valence-electron chi connectivity index (χ4n) is 4.37. The summed E-state index contributed by atoms with van der Waals surface area (Å²) in [5.74, 6) is -2.49. The third-order valence-electron chi connectivity index (χ3n) is 6.16. The number of hydrogen-bond donors (Lipinski definition) is 2. The Hall–Kier alpha value is -4.52. The summed E-state index contributed by atoms with van der Waals surface area (Å²) in [5, 5.41) is 10.5. The number of carboxylic acid groups (broad SMARTS) is 1. The van der Waals surface area contributed by atoms with Crippen molar-refractivity contribution in [3.05, 3.63) is 83.0 Å². The zero-order chi connectivity index (χ0) is 28.9. The highest BCUT2D eigenvalue weighted by molar-refractivity contribution is 5.79. The minimum atomic E-state index is -5.08. The minimum absolute atomic E-state index is 0.0681. The van der Waals surface area contributed by atoms with Gasteiger partial charge in [0.25, 0.3) is 5.56 Å². The lowest BCUT2D eigenvalue weighted by molar-refractivity contribution is -0.192. The fourth-order valence-corrected chi connectivity index (χ4v) is 4.37. The summed E-state index contributed by atoms with van der Waals surface area (Å²) >= 11 is 0. The maximum Gasteiger partial charge on any atom is 0.490 e. The Morgan fingerprint density at radius 1 is 1.05 bits per heavy atom. The number of alkyl halides is 3. The first-order valence-electron chi connectivity index (χ1n) is 12.2. The largest absolute Gasteiger partial charge is 0.490 e. The van der Waals surface area contributed by atoms with E-state index in [0.29, 0.717) is 28.3 Å². The molecule has 3 heterocycles. The predicted octanol–water partition coefficient (Wildman–Crippen LogP) is 4.80. The molecular formula is C27H25F4N5O4. The first-order chi connectivity index (χ1) is 19.1. The van der Waals surface area contributed by atoms with Gasteiger partial charge >= 0.3 is 18.2 Å². The second-order valence-electron chi connectivity index (χ2n) is 8.83. The van der Waals surface area contributed by atoms with Gasteiger partial charge in [0.1, 0.15) is 11.6 Å². The number of rotatable bonds is 5. The molecule has 0 atom stereocenters. The molecule has 2 N–H and O–H groups in total. The van der Waals surface area contributed by atoms with Crippen LogP contribution in [0.3, 0.4) is 0 Å². The summed E-state index contributed by atoms with van der Waals surface area (Å²) in [5.41, 5.74) is 2.22. The third kappa shape index (κ3) is 6.54. The van der Waals surface area contributed by atoms with Gasteiger partial charge in [-0.05, 0) is 61.8 Å². The summed E-state index contributed by atoms with van der Waals surface area (Å²) in [6.07, 6.45) is -1.76. The van der Waals surface area contributed by atoms with Gasteiger partial charge in [0, 0.05) is 13.2 Å². The van der Waals surface area contributed by atoms with Gasteiger partial charge in [-0.1, -0.05) is 30.3 Å². The van der Waals surface area contributed by atoms with E-state index in [4.69, 9.17) is 14.6 Å². The first-order valence-corrected chi connectivity index (χ1v) is 12.2. The number of ether oxygens (including phenoxy) is 1. The summed E-state index contributed by atoms with van der Waals surface area (Å²) in [6.45, 7) is 1.71. The van der Waals surface area contributed by atoms with Crippen molar-refractivity contribution in [1.82, 2.24) is 24.6 Å². The summed E-state index contributed by atoms with van der Waals surface area (Å²) < 4.78 is 54.9. The van der Waals surface area contributed by atoms with Crippen molar-refractivity contribution < 1.29 is 32.2 Å². The Kier molecular flexibility index (Phi) is 8.63. The third-order valence-corrected chi connectivity index (χ3v) is 6.16. The number of halogens is 4. The van der Waals surface area contributed by atoms with Crippen molar-refractivity contribution in [2.75, 3.05) is 13.1 Å².